The number of benzene rings is 1. The molecule has 1 rings (SSSR count). The second kappa shape index (κ2) is 7.31. The van der Waals surface area contributed by atoms with E-state index in [9.17, 15) is 9.90 Å². The van der Waals surface area contributed by atoms with Crippen molar-refractivity contribution in [3.05, 3.63) is 23.8 Å². The maximum Gasteiger partial charge on any atom is 0.330 e. The van der Waals surface area contributed by atoms with Gasteiger partial charge in [-0.1, -0.05) is 6.92 Å². The Morgan fingerprint density at radius 3 is 2.63 bits per heavy atom. The predicted molar refractivity (Wildman–Crippen MR) is 71.5 cm³/mol. The van der Waals surface area contributed by atoms with Gasteiger partial charge in [0, 0.05) is 11.6 Å². The van der Waals surface area contributed by atoms with Crippen LogP contribution in [-0.2, 0) is 9.53 Å². The molecule has 0 bridgehead atoms. The Labute approximate surface area is 112 Å². The molecule has 0 radical (unpaired) electrons. The lowest BCUT2D eigenvalue weighted by molar-refractivity contribution is -0.137. The molecule has 0 spiro atoms. The van der Waals surface area contributed by atoms with E-state index in [1.807, 2.05) is 6.92 Å². The first-order valence-electron chi connectivity index (χ1n) is 5.92. The minimum Gasteiger partial charge on any atom is -0.502 e. The van der Waals surface area contributed by atoms with Crippen molar-refractivity contribution in [3.63, 3.8) is 0 Å². The lowest BCUT2D eigenvalue weighted by atomic mass is 10.1. The first kappa shape index (κ1) is 14.9. The summed E-state index contributed by atoms with van der Waals surface area (Å²) >= 11 is 0. The van der Waals surface area contributed by atoms with Crippen LogP contribution >= 0.6 is 0 Å². The molecule has 5 heteroatoms. The van der Waals surface area contributed by atoms with Crippen LogP contribution in [0, 0.1) is 0 Å². The molecule has 0 fully saturated rings. The summed E-state index contributed by atoms with van der Waals surface area (Å²) in [4.78, 5) is 11.3. The van der Waals surface area contributed by atoms with Gasteiger partial charge in [-0.3, -0.25) is 0 Å². The molecular weight excluding hydrogens is 248 g/mol. The fourth-order valence-corrected chi connectivity index (χ4v) is 1.49. The van der Waals surface area contributed by atoms with E-state index in [-0.39, 0.29) is 11.5 Å². The molecule has 0 aromatic heterocycles. The molecule has 0 atom stereocenters. The van der Waals surface area contributed by atoms with Gasteiger partial charge in [0.2, 0.25) is 5.75 Å². The minimum atomic E-state index is -0.431. The first-order valence-corrected chi connectivity index (χ1v) is 5.92. The second-order valence-corrected chi connectivity index (χ2v) is 3.74. The average molecular weight is 266 g/mol. The Morgan fingerprint density at radius 2 is 2.05 bits per heavy atom. The molecule has 104 valence electrons. The van der Waals surface area contributed by atoms with Gasteiger partial charge in [0.05, 0.1) is 20.8 Å². The molecule has 1 aromatic carbocycles. The molecule has 0 saturated carbocycles. The number of ether oxygens (including phenoxy) is 3. The van der Waals surface area contributed by atoms with Crippen LogP contribution in [0.2, 0.25) is 0 Å². The number of esters is 1. The van der Waals surface area contributed by atoms with E-state index in [0.717, 1.165) is 6.42 Å². The quantitative estimate of drug-likeness (QED) is 0.632. The van der Waals surface area contributed by atoms with Crippen molar-refractivity contribution in [2.24, 2.45) is 0 Å². The highest BCUT2D eigenvalue weighted by Crippen LogP contribution is 2.39. The molecule has 0 unspecified atom stereocenters. The molecule has 0 heterocycles. The zero-order valence-corrected chi connectivity index (χ0v) is 11.3. The first-order chi connectivity index (χ1) is 9.13. The summed E-state index contributed by atoms with van der Waals surface area (Å²) in [6.45, 7) is 2.30. The van der Waals surface area contributed by atoms with Crippen molar-refractivity contribution < 1.29 is 24.1 Å². The third-order valence-electron chi connectivity index (χ3n) is 2.40. The van der Waals surface area contributed by atoms with Crippen molar-refractivity contribution in [3.8, 4) is 17.2 Å². The van der Waals surface area contributed by atoms with Gasteiger partial charge in [0.1, 0.15) is 0 Å². The molecule has 1 aromatic rings. The van der Waals surface area contributed by atoms with Gasteiger partial charge in [-0.05, 0) is 24.6 Å². The van der Waals surface area contributed by atoms with Gasteiger partial charge >= 0.3 is 5.97 Å². The zero-order valence-electron chi connectivity index (χ0n) is 11.3. The van der Waals surface area contributed by atoms with Gasteiger partial charge in [-0.25, -0.2) is 4.79 Å². The van der Waals surface area contributed by atoms with E-state index < -0.39 is 5.97 Å². The molecule has 0 aliphatic heterocycles. The fraction of sp³-hybridized carbons (Fsp3) is 0.357. The Morgan fingerprint density at radius 1 is 1.32 bits per heavy atom. The molecule has 0 amide bonds. The van der Waals surface area contributed by atoms with Gasteiger partial charge in [-0.15, -0.1) is 0 Å². The van der Waals surface area contributed by atoms with Gasteiger partial charge in [0.25, 0.3) is 0 Å². The minimum absolute atomic E-state index is 0.103. The van der Waals surface area contributed by atoms with Gasteiger partial charge in [-0.2, -0.15) is 0 Å². The summed E-state index contributed by atoms with van der Waals surface area (Å²) in [7, 11) is 2.88. The second-order valence-electron chi connectivity index (χ2n) is 3.74. The highest BCUT2D eigenvalue weighted by Gasteiger charge is 2.12. The highest BCUT2D eigenvalue weighted by atomic mass is 16.5. The summed E-state index contributed by atoms with van der Waals surface area (Å²) < 4.78 is 15.0. The molecule has 5 nitrogen and oxygen atoms in total. The monoisotopic (exact) mass is 266 g/mol. The van der Waals surface area contributed by atoms with Crippen molar-refractivity contribution in [2.45, 2.75) is 13.3 Å². The Hall–Kier alpha value is -2.17. The number of methoxy groups -OCH3 is 2. The van der Waals surface area contributed by atoms with Crippen LogP contribution in [-0.4, -0.2) is 31.9 Å². The van der Waals surface area contributed by atoms with E-state index in [0.29, 0.717) is 17.9 Å². The van der Waals surface area contributed by atoms with Crippen LogP contribution in [0.5, 0.6) is 17.2 Å². The maximum absolute atomic E-state index is 11.3. The summed E-state index contributed by atoms with van der Waals surface area (Å²) in [6.07, 6.45) is 3.58. The van der Waals surface area contributed by atoms with E-state index in [2.05, 4.69) is 0 Å². The fourth-order valence-electron chi connectivity index (χ4n) is 1.49. The number of phenolic OH excluding ortho intramolecular Hbond substituents is 1. The number of phenols is 1. The van der Waals surface area contributed by atoms with Gasteiger partial charge < -0.3 is 19.3 Å². The molecule has 1 N–H and O–H groups in total. The largest absolute Gasteiger partial charge is 0.502 e. The van der Waals surface area contributed by atoms with Crippen LogP contribution in [0.4, 0.5) is 0 Å². The smallest absolute Gasteiger partial charge is 0.330 e. The summed E-state index contributed by atoms with van der Waals surface area (Å²) in [5.41, 5.74) is 0.564. The van der Waals surface area contributed by atoms with E-state index in [1.54, 1.807) is 12.1 Å². The molecular formula is C14H18O5. The molecule has 0 saturated heterocycles. The van der Waals surface area contributed by atoms with Crippen LogP contribution in [0.25, 0.3) is 6.08 Å². The highest BCUT2D eigenvalue weighted by molar-refractivity contribution is 5.88. The SMILES string of the molecule is CCCOC(=O)/C=C/c1ccc(OC)c(O)c1OC. The number of carbonyl (C=O) groups is 1. The Bertz CT molecular complexity index is 465. The van der Waals surface area contributed by atoms with Crippen LogP contribution in [0.1, 0.15) is 18.9 Å². The number of carbonyl (C=O) groups excluding carboxylic acids is 1. The summed E-state index contributed by atoms with van der Waals surface area (Å²) in [5, 5.41) is 9.88. The number of hydrogen-bond donors (Lipinski definition) is 1. The number of rotatable bonds is 6. The van der Waals surface area contributed by atoms with Crippen molar-refractivity contribution in [1.82, 2.24) is 0 Å². The Balaban J connectivity index is 2.92. The zero-order chi connectivity index (χ0) is 14.3. The van der Waals surface area contributed by atoms with E-state index >= 15 is 0 Å². The van der Waals surface area contributed by atoms with Crippen LogP contribution in [0.3, 0.4) is 0 Å². The number of aromatic hydroxyl groups is 1. The maximum atomic E-state index is 11.3. The van der Waals surface area contributed by atoms with Crippen molar-refractivity contribution in [2.75, 3.05) is 20.8 Å². The standard InChI is InChI=1S/C14H18O5/c1-4-9-19-12(15)8-6-10-5-7-11(17-2)13(16)14(10)18-3/h5-8,16H,4,9H2,1-3H3/b8-6+. The van der Waals surface area contributed by atoms with Crippen LogP contribution < -0.4 is 9.47 Å². The number of hydrogen-bond acceptors (Lipinski definition) is 5. The molecule has 19 heavy (non-hydrogen) atoms. The van der Waals surface area contributed by atoms with Gasteiger partial charge in [0.15, 0.2) is 11.5 Å². The summed E-state index contributed by atoms with van der Waals surface area (Å²) in [5.74, 6) is 0.0229. The topological polar surface area (TPSA) is 65.0 Å². The summed E-state index contributed by atoms with van der Waals surface area (Å²) in [6, 6.07) is 3.27. The molecule has 0 aliphatic carbocycles. The average Bonchev–Trinajstić information content (AvgIpc) is 2.42. The van der Waals surface area contributed by atoms with E-state index in [1.165, 1.54) is 26.4 Å². The predicted octanol–water partition coefficient (Wildman–Crippen LogP) is 2.38. The normalized spacial score (nSPS) is 10.5. The molecule has 0 aliphatic rings. The Kier molecular flexibility index (Phi) is 5.73. The third-order valence-corrected chi connectivity index (χ3v) is 2.40. The lowest BCUT2D eigenvalue weighted by Crippen LogP contribution is -2.01. The lowest BCUT2D eigenvalue weighted by Gasteiger charge is -2.10. The van der Waals surface area contributed by atoms with Crippen LogP contribution in [0.15, 0.2) is 18.2 Å². The van der Waals surface area contributed by atoms with Crippen molar-refractivity contribution in [1.29, 1.82) is 0 Å². The van der Waals surface area contributed by atoms with E-state index in [4.69, 9.17) is 14.2 Å². The van der Waals surface area contributed by atoms with Crippen molar-refractivity contribution >= 4 is 12.0 Å². The third kappa shape index (κ3) is 3.91.